The largest absolute Gasteiger partial charge is 0.476 e. The van der Waals surface area contributed by atoms with Crippen molar-refractivity contribution in [1.29, 1.82) is 0 Å². The molecule has 0 radical (unpaired) electrons. The molecule has 0 saturated heterocycles. The second-order valence-electron chi connectivity index (χ2n) is 2.53. The number of aromatic nitrogens is 1. The van der Waals surface area contributed by atoms with Crippen LogP contribution < -0.4 is 0 Å². The van der Waals surface area contributed by atoms with Crippen LogP contribution in [0, 0.1) is 0 Å². The number of carbonyl (C=O) groups is 1. The summed E-state index contributed by atoms with van der Waals surface area (Å²) in [7, 11) is 0. The minimum atomic E-state index is -0.914. The van der Waals surface area contributed by atoms with E-state index in [1.165, 1.54) is 11.3 Å². The van der Waals surface area contributed by atoms with Gasteiger partial charge in [0.05, 0.1) is 5.51 Å². The predicted octanol–water partition coefficient (Wildman–Crippen LogP) is 2.18. The van der Waals surface area contributed by atoms with Crippen LogP contribution >= 0.6 is 11.3 Å². The maximum atomic E-state index is 10.6. The first-order chi connectivity index (χ1) is 5.75. The lowest BCUT2D eigenvalue weighted by atomic mass is 10.2. The molecule has 0 amide bonds. The average Bonchev–Trinajstić information content (AvgIpc) is 2.48. The van der Waals surface area contributed by atoms with Gasteiger partial charge in [0.1, 0.15) is 0 Å². The van der Waals surface area contributed by atoms with Crippen molar-refractivity contribution in [3.63, 3.8) is 0 Å². The van der Waals surface area contributed by atoms with E-state index in [1.54, 1.807) is 5.51 Å². The maximum absolute atomic E-state index is 10.6. The van der Waals surface area contributed by atoms with Crippen molar-refractivity contribution >= 4 is 17.3 Å². The molecule has 1 aromatic rings. The highest BCUT2D eigenvalue weighted by molar-refractivity contribution is 7.09. The van der Waals surface area contributed by atoms with Crippen LogP contribution in [0.25, 0.3) is 0 Å². The first-order valence-electron chi connectivity index (χ1n) is 3.91. The number of carboxylic acid groups (broad SMARTS) is 1. The summed E-state index contributed by atoms with van der Waals surface area (Å²) >= 11 is 1.43. The number of hydrogen-bond acceptors (Lipinski definition) is 3. The SMILES string of the molecule is CCCCc1scnc1C(=O)O. The first-order valence-corrected chi connectivity index (χ1v) is 4.79. The van der Waals surface area contributed by atoms with Crippen molar-refractivity contribution in [1.82, 2.24) is 4.98 Å². The Hall–Kier alpha value is -0.900. The molecule has 1 rings (SSSR count). The monoisotopic (exact) mass is 185 g/mol. The van der Waals surface area contributed by atoms with E-state index in [9.17, 15) is 4.79 Å². The molecule has 66 valence electrons. The predicted molar refractivity (Wildman–Crippen MR) is 47.7 cm³/mol. The van der Waals surface area contributed by atoms with Crippen LogP contribution in [0.5, 0.6) is 0 Å². The Morgan fingerprint density at radius 3 is 3.08 bits per heavy atom. The van der Waals surface area contributed by atoms with Gasteiger partial charge in [-0.25, -0.2) is 9.78 Å². The smallest absolute Gasteiger partial charge is 0.355 e. The van der Waals surface area contributed by atoms with E-state index in [2.05, 4.69) is 11.9 Å². The van der Waals surface area contributed by atoms with Crippen LogP contribution in [0.1, 0.15) is 35.1 Å². The minimum absolute atomic E-state index is 0.230. The van der Waals surface area contributed by atoms with E-state index in [1.807, 2.05) is 0 Å². The standard InChI is InChI=1S/C8H11NO2S/c1-2-3-4-6-7(8(10)11)9-5-12-6/h5H,2-4H2,1H3,(H,10,11). The van der Waals surface area contributed by atoms with Gasteiger partial charge in [0.15, 0.2) is 5.69 Å². The molecule has 1 heterocycles. The molecule has 0 unspecified atom stereocenters. The summed E-state index contributed by atoms with van der Waals surface area (Å²) in [6, 6.07) is 0. The molecule has 0 spiro atoms. The normalized spacial score (nSPS) is 10.1. The Labute approximate surface area is 75.1 Å². The second-order valence-corrected chi connectivity index (χ2v) is 3.47. The van der Waals surface area contributed by atoms with Crippen LogP contribution in [-0.2, 0) is 6.42 Å². The number of thiazole rings is 1. The lowest BCUT2D eigenvalue weighted by Gasteiger charge is -1.95. The van der Waals surface area contributed by atoms with Crippen LogP contribution in [0.15, 0.2) is 5.51 Å². The molecule has 0 saturated carbocycles. The molecular formula is C8H11NO2S. The third-order valence-electron chi connectivity index (χ3n) is 1.60. The Morgan fingerprint density at radius 2 is 2.50 bits per heavy atom. The topological polar surface area (TPSA) is 50.2 Å². The Morgan fingerprint density at radius 1 is 1.75 bits per heavy atom. The van der Waals surface area contributed by atoms with E-state index >= 15 is 0 Å². The average molecular weight is 185 g/mol. The third-order valence-corrected chi connectivity index (χ3v) is 2.49. The highest BCUT2D eigenvalue weighted by Gasteiger charge is 2.11. The van der Waals surface area contributed by atoms with Crippen molar-refractivity contribution in [2.45, 2.75) is 26.2 Å². The van der Waals surface area contributed by atoms with Gasteiger partial charge in [-0.05, 0) is 12.8 Å². The number of nitrogens with zero attached hydrogens (tertiary/aromatic N) is 1. The van der Waals surface area contributed by atoms with Crippen LogP contribution in [0.3, 0.4) is 0 Å². The summed E-state index contributed by atoms with van der Waals surface area (Å²) in [5, 5.41) is 8.70. The van der Waals surface area contributed by atoms with Crippen LogP contribution in [0.2, 0.25) is 0 Å². The Bertz CT molecular complexity index is 270. The van der Waals surface area contributed by atoms with E-state index in [-0.39, 0.29) is 5.69 Å². The zero-order valence-electron chi connectivity index (χ0n) is 6.91. The molecule has 3 nitrogen and oxygen atoms in total. The van der Waals surface area contributed by atoms with E-state index in [0.29, 0.717) is 0 Å². The van der Waals surface area contributed by atoms with Crippen LogP contribution in [-0.4, -0.2) is 16.1 Å². The van der Waals surface area contributed by atoms with Crippen molar-refractivity contribution in [3.8, 4) is 0 Å². The lowest BCUT2D eigenvalue weighted by molar-refractivity contribution is 0.0690. The number of aryl methyl sites for hydroxylation is 1. The van der Waals surface area contributed by atoms with Gasteiger partial charge in [-0.3, -0.25) is 0 Å². The summed E-state index contributed by atoms with van der Waals surface area (Å²) in [5.74, 6) is -0.914. The summed E-state index contributed by atoms with van der Waals surface area (Å²) in [6.07, 6.45) is 2.95. The van der Waals surface area contributed by atoms with Gasteiger partial charge >= 0.3 is 5.97 Å². The minimum Gasteiger partial charge on any atom is -0.476 e. The third kappa shape index (κ3) is 2.04. The fourth-order valence-corrected chi connectivity index (χ4v) is 1.76. The van der Waals surface area contributed by atoms with Crippen molar-refractivity contribution in [2.75, 3.05) is 0 Å². The fraction of sp³-hybridized carbons (Fsp3) is 0.500. The number of rotatable bonds is 4. The molecule has 1 aromatic heterocycles. The molecule has 0 fully saturated rings. The maximum Gasteiger partial charge on any atom is 0.355 e. The fourth-order valence-electron chi connectivity index (χ4n) is 0.960. The molecule has 0 aromatic carbocycles. The Kier molecular flexibility index (Phi) is 3.22. The second kappa shape index (κ2) is 4.21. The molecule has 0 aliphatic carbocycles. The van der Waals surface area contributed by atoms with Crippen molar-refractivity contribution in [3.05, 3.63) is 16.1 Å². The van der Waals surface area contributed by atoms with E-state index in [4.69, 9.17) is 5.11 Å². The van der Waals surface area contributed by atoms with Crippen LogP contribution in [0.4, 0.5) is 0 Å². The van der Waals surface area contributed by atoms with Crippen molar-refractivity contribution < 1.29 is 9.90 Å². The zero-order chi connectivity index (χ0) is 8.97. The molecule has 0 aliphatic heterocycles. The molecule has 0 atom stereocenters. The number of unbranched alkanes of at least 4 members (excludes halogenated alkanes) is 1. The summed E-state index contributed by atoms with van der Waals surface area (Å²) in [5.41, 5.74) is 1.82. The van der Waals surface area contributed by atoms with Gasteiger partial charge in [0, 0.05) is 4.88 Å². The summed E-state index contributed by atoms with van der Waals surface area (Å²) in [4.78, 5) is 15.3. The van der Waals surface area contributed by atoms with E-state index < -0.39 is 5.97 Å². The number of carboxylic acids is 1. The van der Waals surface area contributed by atoms with Gasteiger partial charge in [0.25, 0.3) is 0 Å². The first kappa shape index (κ1) is 9.19. The number of aromatic carboxylic acids is 1. The van der Waals surface area contributed by atoms with Gasteiger partial charge in [-0.15, -0.1) is 11.3 Å². The molecule has 0 bridgehead atoms. The quantitative estimate of drug-likeness (QED) is 0.782. The number of hydrogen-bond donors (Lipinski definition) is 1. The van der Waals surface area contributed by atoms with E-state index in [0.717, 1.165) is 24.1 Å². The Balaban J connectivity index is 2.70. The zero-order valence-corrected chi connectivity index (χ0v) is 7.73. The summed E-state index contributed by atoms with van der Waals surface area (Å²) in [6.45, 7) is 2.08. The highest BCUT2D eigenvalue weighted by atomic mass is 32.1. The van der Waals surface area contributed by atoms with Gasteiger partial charge < -0.3 is 5.11 Å². The highest BCUT2D eigenvalue weighted by Crippen LogP contribution is 2.15. The lowest BCUT2D eigenvalue weighted by Crippen LogP contribution is -2.00. The molecule has 1 N–H and O–H groups in total. The van der Waals surface area contributed by atoms with Gasteiger partial charge in [-0.2, -0.15) is 0 Å². The summed E-state index contributed by atoms with van der Waals surface area (Å²) < 4.78 is 0. The molecular weight excluding hydrogens is 174 g/mol. The van der Waals surface area contributed by atoms with Gasteiger partial charge in [-0.1, -0.05) is 13.3 Å². The molecule has 4 heteroatoms. The molecule has 0 aliphatic rings. The molecule has 12 heavy (non-hydrogen) atoms. The van der Waals surface area contributed by atoms with Crippen molar-refractivity contribution in [2.24, 2.45) is 0 Å². The van der Waals surface area contributed by atoms with Gasteiger partial charge in [0.2, 0.25) is 0 Å².